The van der Waals surface area contributed by atoms with Gasteiger partial charge in [-0.2, -0.15) is 0 Å². The molecule has 2 N–H and O–H groups in total. The topological polar surface area (TPSA) is 101 Å². The summed E-state index contributed by atoms with van der Waals surface area (Å²) in [5, 5.41) is 13.8. The summed E-state index contributed by atoms with van der Waals surface area (Å²) >= 11 is 1.39. The van der Waals surface area contributed by atoms with Crippen LogP contribution < -0.4 is 5.32 Å². The fraction of sp³-hybridized carbons (Fsp3) is 0.542. The zero-order valence-corrected chi connectivity index (χ0v) is 20.8. The summed E-state index contributed by atoms with van der Waals surface area (Å²) in [5.41, 5.74) is 1.95. The third kappa shape index (κ3) is 10.2. The van der Waals surface area contributed by atoms with Crippen LogP contribution >= 0.6 is 11.3 Å². The number of alkyl carbamates (subject to hydrolysis) is 1. The van der Waals surface area contributed by atoms with Crippen LogP contribution in [-0.2, 0) is 22.5 Å². The van der Waals surface area contributed by atoms with Gasteiger partial charge in [0.15, 0.2) is 0 Å². The molecule has 0 aliphatic heterocycles. The van der Waals surface area contributed by atoms with Gasteiger partial charge in [-0.3, -0.25) is 4.98 Å². The summed E-state index contributed by atoms with van der Waals surface area (Å²) in [6.45, 7) is 9.90. The maximum absolute atomic E-state index is 12.7. The highest BCUT2D eigenvalue weighted by molar-refractivity contribution is 7.09. The standard InChI is InChI=1S/C24H35N3O5S/c1-17(2)13-27(23(30)32-24(3,4)5)14-21(28)20(11-18-9-7-6-8-10-18)26-22(29)31-15-19-12-25-16-33-19/h6-10,12,16-17,20-21,28H,11,13-15H2,1-5H3,(H,26,29)/t20-,21+/m0/s1. The Labute approximate surface area is 199 Å². The van der Waals surface area contributed by atoms with Crippen LogP contribution in [-0.4, -0.2) is 58.0 Å². The van der Waals surface area contributed by atoms with Crippen LogP contribution in [0.2, 0.25) is 0 Å². The van der Waals surface area contributed by atoms with Crippen molar-refractivity contribution in [1.82, 2.24) is 15.2 Å². The second-order valence-corrected chi connectivity index (χ2v) is 10.3. The number of aliphatic hydroxyl groups excluding tert-OH is 1. The molecule has 182 valence electrons. The average Bonchev–Trinajstić information content (AvgIpc) is 3.24. The number of thiazole rings is 1. The minimum absolute atomic E-state index is 0.0136. The number of ether oxygens (including phenoxy) is 2. The summed E-state index contributed by atoms with van der Waals surface area (Å²) in [7, 11) is 0. The second-order valence-electron chi connectivity index (χ2n) is 9.33. The lowest BCUT2D eigenvalue weighted by Crippen LogP contribution is -2.51. The van der Waals surface area contributed by atoms with Crippen LogP contribution in [0.25, 0.3) is 0 Å². The summed E-state index contributed by atoms with van der Waals surface area (Å²) < 4.78 is 10.8. The third-order valence-corrected chi connectivity index (χ3v) is 5.29. The van der Waals surface area contributed by atoms with E-state index in [1.54, 1.807) is 32.5 Å². The van der Waals surface area contributed by atoms with Gasteiger partial charge in [0, 0.05) is 12.7 Å². The average molecular weight is 478 g/mol. The maximum Gasteiger partial charge on any atom is 0.410 e. The van der Waals surface area contributed by atoms with Crippen molar-refractivity contribution in [3.63, 3.8) is 0 Å². The normalized spacial score (nSPS) is 13.3. The minimum Gasteiger partial charge on any atom is -0.444 e. The van der Waals surface area contributed by atoms with Crippen molar-refractivity contribution in [2.75, 3.05) is 13.1 Å². The summed E-state index contributed by atoms with van der Waals surface area (Å²) in [4.78, 5) is 31.5. The van der Waals surface area contributed by atoms with Crippen LogP contribution in [0.15, 0.2) is 42.0 Å². The quantitative estimate of drug-likeness (QED) is 0.531. The lowest BCUT2D eigenvalue weighted by atomic mass is 10.0. The van der Waals surface area contributed by atoms with Crippen LogP contribution in [0.3, 0.4) is 0 Å². The molecule has 2 atom stereocenters. The smallest absolute Gasteiger partial charge is 0.410 e. The lowest BCUT2D eigenvalue weighted by Gasteiger charge is -2.32. The molecule has 0 saturated heterocycles. The molecule has 0 saturated carbocycles. The van der Waals surface area contributed by atoms with Crippen molar-refractivity contribution < 1.29 is 24.2 Å². The number of rotatable bonds is 10. The first-order valence-electron chi connectivity index (χ1n) is 11.0. The summed E-state index contributed by atoms with van der Waals surface area (Å²) in [6, 6.07) is 8.87. The number of aliphatic hydroxyl groups is 1. The molecule has 0 aliphatic carbocycles. The van der Waals surface area contributed by atoms with Gasteiger partial charge in [-0.15, -0.1) is 11.3 Å². The molecule has 0 radical (unpaired) electrons. The number of nitrogens with zero attached hydrogens (tertiary/aromatic N) is 2. The molecule has 8 nitrogen and oxygen atoms in total. The molecule has 2 aromatic rings. The molecule has 0 bridgehead atoms. The number of carbonyl (C=O) groups is 2. The van der Waals surface area contributed by atoms with Gasteiger partial charge in [-0.1, -0.05) is 44.2 Å². The fourth-order valence-corrected chi connectivity index (χ4v) is 3.64. The van der Waals surface area contributed by atoms with Gasteiger partial charge in [0.2, 0.25) is 0 Å². The first-order chi connectivity index (χ1) is 15.5. The fourth-order valence-electron chi connectivity index (χ4n) is 3.14. The number of amides is 2. The van der Waals surface area contributed by atoms with Gasteiger partial charge in [-0.05, 0) is 38.7 Å². The Morgan fingerprint density at radius 1 is 1.18 bits per heavy atom. The highest BCUT2D eigenvalue weighted by Crippen LogP contribution is 2.14. The molecular formula is C24H35N3O5S. The van der Waals surface area contributed by atoms with E-state index in [-0.39, 0.29) is 19.1 Å². The molecule has 1 heterocycles. The zero-order valence-electron chi connectivity index (χ0n) is 20.0. The zero-order chi connectivity index (χ0) is 24.4. The molecule has 0 aliphatic rings. The molecule has 9 heteroatoms. The molecule has 33 heavy (non-hydrogen) atoms. The van der Waals surface area contributed by atoms with Gasteiger partial charge in [0.25, 0.3) is 0 Å². The van der Waals surface area contributed by atoms with Gasteiger partial charge >= 0.3 is 12.2 Å². The van der Waals surface area contributed by atoms with Crippen LogP contribution in [0.5, 0.6) is 0 Å². The number of nitrogens with one attached hydrogen (secondary N) is 1. The Hall–Kier alpha value is -2.65. The van der Waals surface area contributed by atoms with Crippen LogP contribution in [0.4, 0.5) is 9.59 Å². The number of hydrogen-bond donors (Lipinski definition) is 2. The molecule has 1 aromatic carbocycles. The lowest BCUT2D eigenvalue weighted by molar-refractivity contribution is 0.00758. The Kier molecular flexibility index (Phi) is 10.1. The van der Waals surface area contributed by atoms with Crippen LogP contribution in [0.1, 0.15) is 45.1 Å². The predicted molar refractivity (Wildman–Crippen MR) is 128 cm³/mol. The SMILES string of the molecule is CC(C)CN(C[C@@H](O)[C@H](Cc1ccccc1)NC(=O)OCc1cncs1)C(=O)OC(C)(C)C. The highest BCUT2D eigenvalue weighted by Gasteiger charge is 2.29. The van der Waals surface area contributed by atoms with Gasteiger partial charge < -0.3 is 24.8 Å². The molecule has 1 aromatic heterocycles. The number of benzene rings is 1. The largest absolute Gasteiger partial charge is 0.444 e. The minimum atomic E-state index is -1.03. The molecule has 2 rings (SSSR count). The van der Waals surface area contributed by atoms with E-state index in [0.717, 1.165) is 10.4 Å². The van der Waals surface area contributed by atoms with E-state index < -0.39 is 29.9 Å². The Morgan fingerprint density at radius 3 is 2.45 bits per heavy atom. The first-order valence-corrected chi connectivity index (χ1v) is 11.9. The molecular weight excluding hydrogens is 442 g/mol. The summed E-state index contributed by atoms with van der Waals surface area (Å²) in [5.74, 6) is 0.176. The number of hydrogen-bond acceptors (Lipinski definition) is 7. The molecule has 0 unspecified atom stereocenters. The van der Waals surface area contributed by atoms with E-state index >= 15 is 0 Å². The van der Waals surface area contributed by atoms with Crippen molar-refractivity contribution in [3.8, 4) is 0 Å². The Balaban J connectivity index is 2.11. The second kappa shape index (κ2) is 12.6. The van der Waals surface area contributed by atoms with Crippen molar-refractivity contribution in [2.45, 2.75) is 65.4 Å². The number of carbonyl (C=O) groups excluding carboxylic acids is 2. The third-order valence-electron chi connectivity index (χ3n) is 4.54. The van der Waals surface area contributed by atoms with Gasteiger partial charge in [0.05, 0.1) is 29.1 Å². The van der Waals surface area contributed by atoms with E-state index in [4.69, 9.17) is 9.47 Å². The van der Waals surface area contributed by atoms with E-state index in [1.807, 2.05) is 44.2 Å². The van der Waals surface area contributed by atoms with E-state index in [2.05, 4.69) is 10.3 Å². The van der Waals surface area contributed by atoms with E-state index in [1.165, 1.54) is 16.2 Å². The van der Waals surface area contributed by atoms with Crippen molar-refractivity contribution >= 4 is 23.5 Å². The predicted octanol–water partition coefficient (Wildman–Crippen LogP) is 4.23. The van der Waals surface area contributed by atoms with Crippen molar-refractivity contribution in [1.29, 1.82) is 0 Å². The van der Waals surface area contributed by atoms with Crippen molar-refractivity contribution in [3.05, 3.63) is 52.5 Å². The highest BCUT2D eigenvalue weighted by atomic mass is 32.1. The van der Waals surface area contributed by atoms with Gasteiger partial charge in [0.1, 0.15) is 12.2 Å². The summed E-state index contributed by atoms with van der Waals surface area (Å²) in [6.07, 6.45) is -0.162. The van der Waals surface area contributed by atoms with Crippen LogP contribution in [0, 0.1) is 5.92 Å². The molecule has 0 fully saturated rings. The van der Waals surface area contributed by atoms with Crippen molar-refractivity contribution in [2.24, 2.45) is 5.92 Å². The Morgan fingerprint density at radius 2 is 1.88 bits per heavy atom. The molecule has 0 spiro atoms. The Bertz CT molecular complexity index is 853. The number of aromatic nitrogens is 1. The van der Waals surface area contributed by atoms with Gasteiger partial charge in [-0.25, -0.2) is 9.59 Å². The monoisotopic (exact) mass is 477 g/mol. The van der Waals surface area contributed by atoms with E-state index in [0.29, 0.717) is 13.0 Å². The molecule has 2 amide bonds. The maximum atomic E-state index is 12.7. The first kappa shape index (κ1) is 26.6. The van der Waals surface area contributed by atoms with E-state index in [9.17, 15) is 14.7 Å².